The maximum Gasteiger partial charge on any atom is -1.00 e. The van der Waals surface area contributed by atoms with Gasteiger partial charge in [0.25, 0.3) is 0 Å². The van der Waals surface area contributed by atoms with Crippen LogP contribution in [0.2, 0.25) is 13.1 Å². The Morgan fingerprint density at radius 3 is 1.75 bits per heavy atom. The number of rotatable bonds is 1. The third-order valence-electron chi connectivity index (χ3n) is 4.67. The summed E-state index contributed by atoms with van der Waals surface area (Å²) in [5.41, 5.74) is 7.33. The van der Waals surface area contributed by atoms with Crippen LogP contribution in [0.3, 0.4) is 0 Å². The summed E-state index contributed by atoms with van der Waals surface area (Å²) >= 11 is 1.55. The monoisotopic (exact) mass is 445 g/mol. The van der Waals surface area contributed by atoms with Crippen molar-refractivity contribution < 1.29 is 49.5 Å². The van der Waals surface area contributed by atoms with Crippen LogP contribution in [-0.2, 0) is 24.7 Å². The van der Waals surface area contributed by atoms with Crippen LogP contribution in [-0.4, -0.2) is 13.6 Å². The molecule has 0 aliphatic heterocycles. The van der Waals surface area contributed by atoms with Crippen molar-refractivity contribution in [3.05, 3.63) is 80.7 Å². The molecular weight excluding hydrogens is 430 g/mol. The Morgan fingerprint density at radius 2 is 1.29 bits per heavy atom. The normalized spacial score (nSPS) is 14.9. The van der Waals surface area contributed by atoms with E-state index in [0.717, 1.165) is 0 Å². The predicted molar refractivity (Wildman–Crippen MR) is 92.4 cm³/mol. The quantitative estimate of drug-likeness (QED) is 0.476. The van der Waals surface area contributed by atoms with Crippen LogP contribution in [0.25, 0.3) is 11.1 Å². The Labute approximate surface area is 173 Å². The van der Waals surface area contributed by atoms with Gasteiger partial charge < -0.3 is 24.8 Å². The van der Waals surface area contributed by atoms with Gasteiger partial charge in [-0.15, -0.1) is 0 Å². The zero-order chi connectivity index (χ0) is 15.3. The first-order chi connectivity index (χ1) is 10.7. The molecular formula is C20H17Cl2SiZr. The van der Waals surface area contributed by atoms with E-state index in [4.69, 9.17) is 0 Å². The SMILES string of the molecule is C[Si](C)=C1C=CC(C2c3ccccc3-c3ccccc32)=[C]1[Zr+2].[Cl-].[Cl-]. The predicted octanol–water partition coefficient (Wildman–Crippen LogP) is -1.31. The summed E-state index contributed by atoms with van der Waals surface area (Å²) in [6, 6.07) is 17.8. The number of fused-ring (bicyclic) bond motifs is 3. The van der Waals surface area contributed by atoms with Gasteiger partial charge in [-0.3, -0.25) is 0 Å². The maximum absolute atomic E-state index is 2.40. The molecule has 2 aromatic carbocycles. The first-order valence-corrected chi connectivity index (χ1v) is 11.4. The van der Waals surface area contributed by atoms with E-state index in [1.807, 2.05) is 0 Å². The second-order valence-electron chi connectivity index (χ2n) is 6.18. The van der Waals surface area contributed by atoms with Crippen LogP contribution < -0.4 is 24.8 Å². The smallest absolute Gasteiger partial charge is 1.00 e. The Morgan fingerprint density at radius 1 is 0.792 bits per heavy atom. The van der Waals surface area contributed by atoms with Gasteiger partial charge in [0.05, 0.1) is 0 Å². The molecule has 0 saturated heterocycles. The average molecular weight is 448 g/mol. The first kappa shape index (κ1) is 19.8. The number of allylic oxidation sites excluding steroid dienone is 4. The number of hydrogen-bond donors (Lipinski definition) is 0. The van der Waals surface area contributed by atoms with Crippen LogP contribution in [0.1, 0.15) is 17.0 Å². The van der Waals surface area contributed by atoms with Gasteiger partial charge in [-0.25, -0.2) is 0 Å². The van der Waals surface area contributed by atoms with Crippen molar-refractivity contribution in [3.8, 4) is 11.1 Å². The third kappa shape index (κ3) is 3.03. The fourth-order valence-corrected chi connectivity index (χ4v) is 7.31. The van der Waals surface area contributed by atoms with E-state index >= 15 is 0 Å². The molecule has 0 unspecified atom stereocenters. The van der Waals surface area contributed by atoms with Gasteiger partial charge in [-0.05, 0) is 0 Å². The number of benzene rings is 2. The fraction of sp³-hybridized carbons (Fsp3) is 0.150. The molecule has 24 heavy (non-hydrogen) atoms. The largest absolute Gasteiger partial charge is 1.00 e. The van der Waals surface area contributed by atoms with Gasteiger partial charge in [0, 0.05) is 0 Å². The molecule has 0 radical (unpaired) electrons. The van der Waals surface area contributed by atoms with Crippen molar-refractivity contribution in [1.82, 2.24) is 0 Å². The van der Waals surface area contributed by atoms with E-state index in [2.05, 4.69) is 73.8 Å². The average Bonchev–Trinajstić information content (AvgIpc) is 3.05. The fourth-order valence-electron chi connectivity index (χ4n) is 3.64. The van der Waals surface area contributed by atoms with E-state index in [-0.39, 0.29) is 33.2 Å². The van der Waals surface area contributed by atoms with E-state index in [0.29, 0.717) is 5.92 Å². The Hall–Kier alpha value is -0.530. The summed E-state index contributed by atoms with van der Waals surface area (Å²) < 4.78 is 1.60. The molecule has 0 fully saturated rings. The van der Waals surface area contributed by atoms with Gasteiger partial charge in [0.2, 0.25) is 0 Å². The van der Waals surface area contributed by atoms with Crippen molar-refractivity contribution in [3.63, 3.8) is 0 Å². The summed E-state index contributed by atoms with van der Waals surface area (Å²) in [5.74, 6) is 0.428. The minimum Gasteiger partial charge on any atom is -1.00 e. The zero-order valence-corrected chi connectivity index (χ0v) is 18.6. The number of halogens is 2. The van der Waals surface area contributed by atoms with Crippen LogP contribution in [0.5, 0.6) is 0 Å². The third-order valence-corrected chi connectivity index (χ3v) is 8.15. The molecule has 0 atom stereocenters. The molecule has 4 heteroatoms. The molecule has 0 amide bonds. The molecule has 0 heterocycles. The molecule has 0 bridgehead atoms. The van der Waals surface area contributed by atoms with Gasteiger partial charge in [-0.2, -0.15) is 0 Å². The molecule has 119 valence electrons. The number of hydrogen-bond acceptors (Lipinski definition) is 0. The van der Waals surface area contributed by atoms with Crippen molar-refractivity contribution >= 4 is 13.6 Å². The van der Waals surface area contributed by atoms with Crippen molar-refractivity contribution in [2.45, 2.75) is 19.0 Å². The van der Waals surface area contributed by atoms with E-state index in [9.17, 15) is 0 Å². The summed E-state index contributed by atoms with van der Waals surface area (Å²) in [6.45, 7) is 4.79. The van der Waals surface area contributed by atoms with E-state index in [1.165, 1.54) is 27.8 Å². The summed E-state index contributed by atoms with van der Waals surface area (Å²) in [5, 5.41) is 1.63. The topological polar surface area (TPSA) is 0 Å². The molecule has 2 aliphatic rings. The standard InChI is InChI=1S/C20H17Si.2ClH.Zr/c1-21(2)15-12-11-14(13-15)20-18-9-5-3-7-16(18)17-8-4-6-10-19(17)20;;;/h3-12,20H,1-2H3;2*1H;/q;;;+2/p-2. The maximum atomic E-state index is 2.40. The molecule has 2 aromatic rings. The Kier molecular flexibility index (Phi) is 6.42. The summed E-state index contributed by atoms with van der Waals surface area (Å²) in [4.78, 5) is 0. The minimum absolute atomic E-state index is 0. The van der Waals surface area contributed by atoms with Crippen molar-refractivity contribution in [2.75, 3.05) is 0 Å². The summed E-state index contributed by atoms with van der Waals surface area (Å²) in [6.07, 6.45) is 4.78. The molecule has 0 spiro atoms. The van der Waals surface area contributed by atoms with Crippen molar-refractivity contribution in [2.24, 2.45) is 0 Å². The van der Waals surface area contributed by atoms with E-state index in [1.54, 1.807) is 33.2 Å². The minimum atomic E-state index is -0.381. The zero-order valence-electron chi connectivity index (χ0n) is 13.6. The molecule has 0 N–H and O–H groups in total. The van der Waals surface area contributed by atoms with Crippen LogP contribution in [0.15, 0.2) is 69.5 Å². The van der Waals surface area contributed by atoms with Gasteiger partial charge in [0.15, 0.2) is 0 Å². The van der Waals surface area contributed by atoms with Gasteiger partial charge in [-0.1, -0.05) is 0 Å². The second-order valence-corrected chi connectivity index (χ2v) is 9.95. The van der Waals surface area contributed by atoms with Gasteiger partial charge >= 0.3 is 149 Å². The van der Waals surface area contributed by atoms with Crippen LogP contribution in [0, 0.1) is 0 Å². The van der Waals surface area contributed by atoms with Crippen LogP contribution in [0.4, 0.5) is 0 Å². The molecule has 2 aliphatic carbocycles. The van der Waals surface area contributed by atoms with Crippen molar-refractivity contribution in [1.29, 1.82) is 0 Å². The molecule has 4 rings (SSSR count). The second kappa shape index (κ2) is 7.79. The van der Waals surface area contributed by atoms with E-state index < -0.39 is 0 Å². The first-order valence-electron chi connectivity index (χ1n) is 7.68. The molecule has 0 saturated carbocycles. The summed E-state index contributed by atoms with van der Waals surface area (Å²) in [7, 11) is -0.381. The Balaban J connectivity index is 0.00000104. The van der Waals surface area contributed by atoms with Crippen LogP contribution >= 0.6 is 0 Å². The Bertz CT molecular complexity index is 831. The molecule has 0 nitrogen and oxygen atoms in total. The van der Waals surface area contributed by atoms with Gasteiger partial charge in [0.1, 0.15) is 0 Å². The molecule has 0 aromatic heterocycles.